The first kappa shape index (κ1) is 22.5. The van der Waals surface area contributed by atoms with E-state index in [1.165, 1.54) is 22.7 Å². The van der Waals surface area contributed by atoms with Crippen LogP contribution in [0.1, 0.15) is 20.9 Å². The smallest absolute Gasteiger partial charge is 0.256 e. The maximum Gasteiger partial charge on any atom is 0.256 e. The van der Waals surface area contributed by atoms with Gasteiger partial charge in [0.05, 0.1) is 10.5 Å². The summed E-state index contributed by atoms with van der Waals surface area (Å²) in [6, 6.07) is 17.6. The molecular formula is C23H12Cl3N3OS2. The molecule has 32 heavy (non-hydrogen) atoms. The molecule has 9 heteroatoms. The summed E-state index contributed by atoms with van der Waals surface area (Å²) < 4.78 is 0. The van der Waals surface area contributed by atoms with Gasteiger partial charge in [0.1, 0.15) is 21.8 Å². The molecule has 0 radical (unpaired) electrons. The summed E-state index contributed by atoms with van der Waals surface area (Å²) in [6.07, 6.45) is 1.65. The molecule has 2 aromatic heterocycles. The highest BCUT2D eigenvalue weighted by molar-refractivity contribution is 7.19. The molecule has 4 nitrogen and oxygen atoms in total. The van der Waals surface area contributed by atoms with Crippen LogP contribution < -0.4 is 5.32 Å². The zero-order valence-corrected chi connectivity index (χ0v) is 20.0. The van der Waals surface area contributed by atoms with Crippen molar-refractivity contribution < 1.29 is 4.79 Å². The van der Waals surface area contributed by atoms with Crippen molar-refractivity contribution in [1.82, 2.24) is 4.98 Å². The Morgan fingerprint density at radius 3 is 2.47 bits per heavy atom. The molecule has 2 heterocycles. The highest BCUT2D eigenvalue weighted by atomic mass is 35.5. The number of anilines is 1. The van der Waals surface area contributed by atoms with Crippen molar-refractivity contribution in [3.8, 4) is 16.6 Å². The Morgan fingerprint density at radius 1 is 1.06 bits per heavy atom. The van der Waals surface area contributed by atoms with E-state index in [2.05, 4.69) is 16.4 Å². The molecule has 0 saturated heterocycles. The van der Waals surface area contributed by atoms with Crippen LogP contribution in [0.15, 0.2) is 60.0 Å². The molecule has 4 aromatic rings. The van der Waals surface area contributed by atoms with Gasteiger partial charge in [0.15, 0.2) is 0 Å². The fourth-order valence-electron chi connectivity index (χ4n) is 2.79. The molecule has 0 aliphatic heterocycles. The van der Waals surface area contributed by atoms with Gasteiger partial charge in [-0.25, -0.2) is 4.98 Å². The van der Waals surface area contributed by atoms with Crippen LogP contribution in [0.4, 0.5) is 5.00 Å². The van der Waals surface area contributed by atoms with Crippen molar-refractivity contribution in [2.75, 3.05) is 5.32 Å². The summed E-state index contributed by atoms with van der Waals surface area (Å²) in [5.41, 5.74) is 2.03. The van der Waals surface area contributed by atoms with E-state index >= 15 is 0 Å². The van der Waals surface area contributed by atoms with Crippen LogP contribution in [0.5, 0.6) is 0 Å². The third-order valence-corrected chi connectivity index (χ3v) is 7.02. The summed E-state index contributed by atoms with van der Waals surface area (Å²) in [7, 11) is 0. The Kier molecular flexibility index (Phi) is 6.95. The van der Waals surface area contributed by atoms with Crippen LogP contribution in [-0.2, 0) is 0 Å². The molecule has 1 N–H and O–H groups in total. The number of hydrogen-bond donors (Lipinski definition) is 1. The maximum atomic E-state index is 12.8. The van der Waals surface area contributed by atoms with Crippen LogP contribution in [0.2, 0.25) is 15.1 Å². The van der Waals surface area contributed by atoms with Gasteiger partial charge >= 0.3 is 0 Å². The van der Waals surface area contributed by atoms with Crippen molar-refractivity contribution in [1.29, 1.82) is 5.26 Å². The Balaban J connectivity index is 1.73. The van der Waals surface area contributed by atoms with Crippen LogP contribution in [0.25, 0.3) is 22.2 Å². The number of carbonyl (C=O) groups excluding carboxylic acids is 1. The Hall–Kier alpha value is -2.66. The molecule has 0 unspecified atom stereocenters. The summed E-state index contributed by atoms with van der Waals surface area (Å²) in [5, 5.41) is 17.1. The summed E-state index contributed by atoms with van der Waals surface area (Å²) in [5.74, 6) is -0.294. The fourth-order valence-corrected chi connectivity index (χ4v) is 5.11. The van der Waals surface area contributed by atoms with Crippen molar-refractivity contribution in [2.24, 2.45) is 0 Å². The zero-order valence-electron chi connectivity index (χ0n) is 16.1. The van der Waals surface area contributed by atoms with Gasteiger partial charge in [-0.05, 0) is 59.5 Å². The number of hydrogen-bond acceptors (Lipinski definition) is 5. The molecule has 158 valence electrons. The van der Waals surface area contributed by atoms with Crippen molar-refractivity contribution in [3.63, 3.8) is 0 Å². The number of aromatic nitrogens is 1. The highest BCUT2D eigenvalue weighted by Gasteiger charge is 2.19. The number of halogens is 3. The van der Waals surface area contributed by atoms with Crippen LogP contribution >= 0.6 is 57.5 Å². The van der Waals surface area contributed by atoms with E-state index in [4.69, 9.17) is 34.8 Å². The van der Waals surface area contributed by atoms with Crippen molar-refractivity contribution in [2.45, 2.75) is 0 Å². The first-order valence-electron chi connectivity index (χ1n) is 9.13. The number of allylic oxidation sites excluding steroid dienone is 1. The number of benzene rings is 2. The van der Waals surface area contributed by atoms with Gasteiger partial charge in [-0.2, -0.15) is 5.26 Å². The molecule has 4 rings (SSSR count). The zero-order chi connectivity index (χ0) is 22.7. The minimum Gasteiger partial charge on any atom is -0.312 e. The van der Waals surface area contributed by atoms with Gasteiger partial charge in [-0.3, -0.25) is 4.79 Å². The van der Waals surface area contributed by atoms with E-state index in [9.17, 15) is 10.1 Å². The minimum atomic E-state index is -0.294. The van der Waals surface area contributed by atoms with E-state index in [1.807, 2.05) is 17.5 Å². The molecule has 0 saturated carbocycles. The minimum absolute atomic E-state index is 0.294. The molecular weight excluding hydrogens is 505 g/mol. The second-order valence-corrected chi connectivity index (χ2v) is 9.70. The molecule has 0 fully saturated rings. The van der Waals surface area contributed by atoms with Gasteiger partial charge in [0.2, 0.25) is 0 Å². The molecule has 0 bridgehead atoms. The average molecular weight is 517 g/mol. The van der Waals surface area contributed by atoms with Crippen LogP contribution in [-0.4, -0.2) is 10.9 Å². The Bertz CT molecular complexity index is 1350. The van der Waals surface area contributed by atoms with E-state index in [1.54, 1.807) is 48.5 Å². The normalized spacial score (nSPS) is 11.2. The average Bonchev–Trinajstić information content (AvgIpc) is 3.44. The molecule has 1 amide bonds. The first-order chi connectivity index (χ1) is 15.4. The maximum absolute atomic E-state index is 12.8. The second-order valence-electron chi connectivity index (χ2n) is 6.47. The number of rotatable bonds is 5. The lowest BCUT2D eigenvalue weighted by atomic mass is 10.1. The number of nitrogens with one attached hydrogen (secondary N) is 1. The third kappa shape index (κ3) is 5.04. The first-order valence-corrected chi connectivity index (χ1v) is 12.0. The van der Waals surface area contributed by atoms with E-state index in [0.29, 0.717) is 47.5 Å². The van der Waals surface area contributed by atoms with Gasteiger partial charge in [0, 0.05) is 20.6 Å². The van der Waals surface area contributed by atoms with E-state index in [0.717, 1.165) is 4.88 Å². The Morgan fingerprint density at radius 2 is 1.81 bits per heavy atom. The number of carbonyl (C=O) groups is 1. The highest BCUT2D eigenvalue weighted by Crippen LogP contribution is 2.39. The molecule has 0 atom stereocenters. The lowest BCUT2D eigenvalue weighted by molar-refractivity contribution is 0.102. The van der Waals surface area contributed by atoms with Crippen LogP contribution in [0, 0.1) is 11.3 Å². The van der Waals surface area contributed by atoms with Gasteiger partial charge in [0.25, 0.3) is 5.91 Å². The summed E-state index contributed by atoms with van der Waals surface area (Å²) >= 11 is 20.9. The topological polar surface area (TPSA) is 65.8 Å². The summed E-state index contributed by atoms with van der Waals surface area (Å²) in [4.78, 5) is 18.3. The van der Waals surface area contributed by atoms with Crippen LogP contribution in [0.3, 0.4) is 0 Å². The monoisotopic (exact) mass is 515 g/mol. The fraction of sp³-hybridized carbons (Fsp3) is 0. The molecule has 0 spiro atoms. The van der Waals surface area contributed by atoms with E-state index < -0.39 is 0 Å². The lowest BCUT2D eigenvalue weighted by Gasteiger charge is -2.04. The number of nitriles is 1. The van der Waals surface area contributed by atoms with E-state index in [-0.39, 0.29) is 5.91 Å². The SMILES string of the molecule is N#C/C(=C/c1ccc(Cl)cc1Cl)c1nc(-c2cccs2)c(NC(=O)c2ccc(Cl)cc2)s1. The lowest BCUT2D eigenvalue weighted by Crippen LogP contribution is -2.11. The standard InChI is InChI=1S/C23H12Cl3N3OS2/c24-16-6-3-13(4-7-16)21(30)29-23-20(19-2-1-9-31-19)28-22(32-23)15(12-27)10-14-5-8-17(25)11-18(14)26/h1-11H,(H,29,30)/b15-10-. The Labute approximate surface area is 207 Å². The number of amides is 1. The molecule has 2 aromatic carbocycles. The predicted octanol–water partition coefficient (Wildman–Crippen LogP) is 8.15. The van der Waals surface area contributed by atoms with Gasteiger partial charge in [-0.15, -0.1) is 11.3 Å². The second kappa shape index (κ2) is 9.86. The molecule has 0 aliphatic carbocycles. The van der Waals surface area contributed by atoms with Crippen molar-refractivity contribution in [3.05, 3.63) is 91.2 Å². The predicted molar refractivity (Wildman–Crippen MR) is 135 cm³/mol. The number of thiophene rings is 1. The number of thiazole rings is 1. The number of nitrogens with zero attached hydrogens (tertiary/aromatic N) is 2. The largest absolute Gasteiger partial charge is 0.312 e. The van der Waals surface area contributed by atoms with Gasteiger partial charge in [-0.1, -0.05) is 58.3 Å². The summed E-state index contributed by atoms with van der Waals surface area (Å²) in [6.45, 7) is 0. The molecule has 0 aliphatic rings. The quantitative estimate of drug-likeness (QED) is 0.272. The van der Waals surface area contributed by atoms with Gasteiger partial charge < -0.3 is 5.32 Å². The third-order valence-electron chi connectivity index (χ3n) is 4.33. The van der Waals surface area contributed by atoms with Crippen molar-refractivity contribution >= 4 is 80.0 Å².